The molecule has 0 spiro atoms. The number of unbranched alkanes of at least 4 members (excludes halogenated alkanes) is 2. The Morgan fingerprint density at radius 1 is 0.543 bits per heavy atom. The first-order valence-corrected chi connectivity index (χ1v) is 19.3. The van der Waals surface area contributed by atoms with Crippen LogP contribution in [-0.2, 0) is 48.0 Å². The maximum Gasteiger partial charge on any atom is 0.125 e. The molecule has 2 aliphatic rings. The first kappa shape index (κ1) is 36.8. The van der Waals surface area contributed by atoms with Crippen molar-refractivity contribution >= 4 is 0 Å². The van der Waals surface area contributed by atoms with Crippen LogP contribution in [0, 0.1) is 11.8 Å². The van der Waals surface area contributed by atoms with Crippen LogP contribution in [0.25, 0.3) is 0 Å². The van der Waals surface area contributed by atoms with Gasteiger partial charge in [-0.2, -0.15) is 0 Å². The number of epoxide rings is 2. The first-order chi connectivity index (χ1) is 22.5. The zero-order valence-electron chi connectivity index (χ0n) is 30.4. The van der Waals surface area contributed by atoms with Gasteiger partial charge in [0.2, 0.25) is 0 Å². The minimum atomic E-state index is 0.509. The quantitative estimate of drug-likeness (QED) is 0.0805. The van der Waals surface area contributed by atoms with Gasteiger partial charge in [-0.25, -0.2) is 0 Å². The molecule has 46 heavy (non-hydrogen) atoms. The van der Waals surface area contributed by atoms with E-state index in [1.165, 1.54) is 84.7 Å². The summed E-state index contributed by atoms with van der Waals surface area (Å²) in [5.41, 5.74) is 8.31. The lowest BCUT2D eigenvalue weighted by Gasteiger charge is -2.19. The molecule has 2 saturated heterocycles. The summed E-state index contributed by atoms with van der Waals surface area (Å²) in [4.78, 5) is 0. The molecule has 0 saturated carbocycles. The van der Waals surface area contributed by atoms with E-state index < -0.39 is 0 Å². The van der Waals surface area contributed by atoms with Gasteiger partial charge in [-0.15, -0.1) is 0 Å². The minimum absolute atomic E-state index is 0.509. The van der Waals surface area contributed by atoms with Crippen LogP contribution in [0.2, 0.25) is 0 Å². The largest absolute Gasteiger partial charge is 0.493 e. The first-order valence-electron chi connectivity index (χ1n) is 19.3. The third-order valence-corrected chi connectivity index (χ3v) is 10.4. The normalized spacial score (nSPS) is 18.4. The molecule has 2 aromatic rings. The van der Waals surface area contributed by atoms with E-state index in [1.54, 1.807) is 0 Å². The number of aryl methyl sites for hydroxylation is 6. The fourth-order valence-electron chi connectivity index (χ4n) is 7.31. The number of rotatable bonds is 25. The van der Waals surface area contributed by atoms with Crippen molar-refractivity contribution in [3.8, 4) is 11.5 Å². The highest BCUT2D eigenvalue weighted by Gasteiger charge is 2.32. The molecule has 4 unspecified atom stereocenters. The van der Waals surface area contributed by atoms with Crippen molar-refractivity contribution in [2.75, 3.05) is 26.4 Å². The highest BCUT2D eigenvalue weighted by atomic mass is 16.6. The van der Waals surface area contributed by atoms with Crippen LogP contribution < -0.4 is 9.47 Å². The lowest BCUT2D eigenvalue weighted by molar-refractivity contribution is 0.255. The van der Waals surface area contributed by atoms with Gasteiger partial charge in [0.1, 0.15) is 11.5 Å². The molecule has 4 heteroatoms. The Labute approximate surface area is 282 Å². The van der Waals surface area contributed by atoms with Crippen LogP contribution in [0.5, 0.6) is 11.5 Å². The summed E-state index contributed by atoms with van der Waals surface area (Å²) < 4.78 is 24.3. The number of ether oxygens (including phenoxy) is 4. The Morgan fingerprint density at radius 2 is 0.870 bits per heavy atom. The molecular formula is C42H66O4. The van der Waals surface area contributed by atoms with Gasteiger partial charge in [0.05, 0.1) is 38.6 Å². The second kappa shape index (κ2) is 19.7. The summed E-state index contributed by atoms with van der Waals surface area (Å²) in [6, 6.07) is 9.65. The van der Waals surface area contributed by atoms with Crippen molar-refractivity contribution in [1.29, 1.82) is 0 Å². The zero-order valence-corrected chi connectivity index (χ0v) is 30.4. The van der Waals surface area contributed by atoms with Gasteiger partial charge in [0.15, 0.2) is 0 Å². The monoisotopic (exact) mass is 634 g/mol. The zero-order chi connectivity index (χ0) is 32.7. The molecular weight excluding hydrogens is 568 g/mol. The molecule has 4 nitrogen and oxygen atoms in total. The molecule has 0 aromatic heterocycles. The molecule has 2 heterocycles. The fraction of sp³-hybridized carbons (Fsp3) is 0.714. The maximum absolute atomic E-state index is 6.52. The van der Waals surface area contributed by atoms with Crippen LogP contribution in [0.1, 0.15) is 139 Å². The highest BCUT2D eigenvalue weighted by Crippen LogP contribution is 2.33. The Bertz CT molecular complexity index is 1020. The molecule has 4 rings (SSSR count). The van der Waals surface area contributed by atoms with Gasteiger partial charge < -0.3 is 18.9 Å². The molecule has 258 valence electrons. The van der Waals surface area contributed by atoms with Gasteiger partial charge in [0, 0.05) is 0 Å². The van der Waals surface area contributed by atoms with E-state index in [0.717, 1.165) is 89.3 Å². The molecule has 2 aliphatic heterocycles. The van der Waals surface area contributed by atoms with E-state index >= 15 is 0 Å². The van der Waals surface area contributed by atoms with Gasteiger partial charge in [0.25, 0.3) is 0 Å². The summed E-state index contributed by atoms with van der Waals surface area (Å²) in [7, 11) is 0. The summed E-state index contributed by atoms with van der Waals surface area (Å²) >= 11 is 0. The van der Waals surface area contributed by atoms with Crippen molar-refractivity contribution < 1.29 is 18.9 Å². The number of benzene rings is 2. The molecule has 4 atom stereocenters. The third-order valence-electron chi connectivity index (χ3n) is 10.4. The second-order valence-corrected chi connectivity index (χ2v) is 13.9. The molecule has 0 amide bonds. The Balaban J connectivity index is 1.33. The molecule has 0 N–H and O–H groups in total. The van der Waals surface area contributed by atoms with Crippen LogP contribution >= 0.6 is 0 Å². The van der Waals surface area contributed by atoms with E-state index in [1.807, 2.05) is 0 Å². The van der Waals surface area contributed by atoms with E-state index in [2.05, 4.69) is 65.8 Å². The van der Waals surface area contributed by atoms with Crippen molar-refractivity contribution in [3.05, 3.63) is 57.6 Å². The highest BCUT2D eigenvalue weighted by molar-refractivity contribution is 5.47. The second-order valence-electron chi connectivity index (χ2n) is 13.9. The average molecular weight is 635 g/mol. The lowest BCUT2D eigenvalue weighted by Crippen LogP contribution is -2.11. The van der Waals surface area contributed by atoms with Crippen molar-refractivity contribution in [1.82, 2.24) is 0 Å². The Hall–Kier alpha value is -2.04. The molecule has 2 aromatic carbocycles. The Kier molecular flexibility index (Phi) is 15.8. The number of hydrogen-bond donors (Lipinski definition) is 0. The fourth-order valence-corrected chi connectivity index (χ4v) is 7.31. The molecule has 2 fully saturated rings. The van der Waals surface area contributed by atoms with Gasteiger partial charge >= 0.3 is 0 Å². The average Bonchev–Trinajstić information content (AvgIpc) is 4.01. The summed E-state index contributed by atoms with van der Waals surface area (Å²) in [5, 5.41) is 0. The van der Waals surface area contributed by atoms with Gasteiger partial charge in [-0.1, -0.05) is 91.5 Å². The molecule has 0 radical (unpaired) electrons. The van der Waals surface area contributed by atoms with E-state index in [0.29, 0.717) is 24.0 Å². The predicted molar refractivity (Wildman–Crippen MR) is 193 cm³/mol. The molecule has 0 aliphatic carbocycles. The maximum atomic E-state index is 6.52. The van der Waals surface area contributed by atoms with E-state index in [4.69, 9.17) is 18.9 Å². The van der Waals surface area contributed by atoms with Crippen LogP contribution in [0.4, 0.5) is 0 Å². The third kappa shape index (κ3) is 11.3. The molecule has 0 bridgehead atoms. The topological polar surface area (TPSA) is 43.5 Å². The number of hydrogen-bond acceptors (Lipinski definition) is 4. The minimum Gasteiger partial charge on any atom is -0.493 e. The van der Waals surface area contributed by atoms with E-state index in [-0.39, 0.29) is 0 Å². The predicted octanol–water partition coefficient (Wildman–Crippen LogP) is 10.4. The summed E-state index contributed by atoms with van der Waals surface area (Å²) in [6.07, 6.45) is 19.5. The van der Waals surface area contributed by atoms with Crippen LogP contribution in [0.15, 0.2) is 24.3 Å². The van der Waals surface area contributed by atoms with Gasteiger partial charge in [-0.05, 0) is 122 Å². The standard InChI is InChI=1S/C42H66O4/c1-7-13-17-37(39-29-45-39)19-15-23-43-41-33(9-3)25-31(26-34(41)10-4)21-22-32-27-35(11-5)42(36(12-6)28-32)44-24-16-20-38(18-14-8-2)40-30-46-40/h25-28,37-40H,7-24,29-30H2,1-6H3. The lowest BCUT2D eigenvalue weighted by atomic mass is 9.93. The Morgan fingerprint density at radius 3 is 1.15 bits per heavy atom. The smallest absolute Gasteiger partial charge is 0.125 e. The van der Waals surface area contributed by atoms with E-state index in [9.17, 15) is 0 Å². The van der Waals surface area contributed by atoms with Crippen molar-refractivity contribution in [3.63, 3.8) is 0 Å². The van der Waals surface area contributed by atoms with Gasteiger partial charge in [-0.3, -0.25) is 0 Å². The van der Waals surface area contributed by atoms with Crippen LogP contribution in [-0.4, -0.2) is 38.6 Å². The summed E-state index contributed by atoms with van der Waals surface area (Å²) in [5.74, 6) is 3.71. The summed E-state index contributed by atoms with van der Waals surface area (Å²) in [6.45, 7) is 17.2. The van der Waals surface area contributed by atoms with Crippen LogP contribution in [0.3, 0.4) is 0 Å². The van der Waals surface area contributed by atoms with Crippen molar-refractivity contribution in [2.45, 2.75) is 156 Å². The SMILES string of the molecule is CCCCC(CCCOc1c(CC)cc(CCc2cc(CC)c(OCCCC(CCCC)C3CO3)c(CC)c2)cc1CC)C1CO1. The van der Waals surface area contributed by atoms with Crippen molar-refractivity contribution in [2.24, 2.45) is 11.8 Å².